The maximum absolute atomic E-state index is 14.7. The van der Waals surface area contributed by atoms with Gasteiger partial charge in [-0.25, -0.2) is 29.1 Å². The number of rotatable bonds is 14. The number of phenolic OH excluding ortho intramolecular Hbond substituents is 1. The average molecular weight is 810 g/mol. The van der Waals surface area contributed by atoms with Crippen molar-refractivity contribution >= 4 is 41.1 Å². The van der Waals surface area contributed by atoms with Crippen LogP contribution in [0.3, 0.4) is 0 Å². The molecule has 3 aromatic heterocycles. The number of aromatic amines is 1. The quantitative estimate of drug-likeness (QED) is 0.0611. The van der Waals surface area contributed by atoms with Gasteiger partial charge in [0.2, 0.25) is 6.23 Å². The molecular weight excluding hydrogens is 777 g/mol. The molecule has 0 fully saturated rings. The first kappa shape index (κ1) is 38.2. The van der Waals surface area contributed by atoms with Crippen molar-refractivity contribution in [3.05, 3.63) is 128 Å². The Morgan fingerprint density at radius 1 is 1.04 bits per heavy atom. The highest BCUT2D eigenvalue weighted by molar-refractivity contribution is 8.54. The number of methoxy groups -OCH3 is 1. The zero-order valence-electron chi connectivity index (χ0n) is 29.1. The van der Waals surface area contributed by atoms with Gasteiger partial charge in [-0.15, -0.1) is 0 Å². The molecule has 5 aromatic rings. The fourth-order valence-electron chi connectivity index (χ4n) is 5.65. The summed E-state index contributed by atoms with van der Waals surface area (Å²) in [5.41, 5.74) is 5.92. The second kappa shape index (κ2) is 15.9. The number of aliphatic hydroxyl groups excluding tert-OH is 2. The van der Waals surface area contributed by atoms with E-state index in [4.69, 9.17) is 33.7 Å². The first-order valence-corrected chi connectivity index (χ1v) is 19.6. The molecular formula is C34H32N7O13PS. The Balaban J connectivity index is 1.11. The van der Waals surface area contributed by atoms with Crippen LogP contribution >= 0.6 is 18.2 Å². The van der Waals surface area contributed by atoms with Crippen molar-refractivity contribution < 1.29 is 52.7 Å². The van der Waals surface area contributed by atoms with E-state index in [0.717, 1.165) is 22.0 Å². The molecule has 7 rings (SSSR count). The Labute approximate surface area is 319 Å². The van der Waals surface area contributed by atoms with E-state index in [1.165, 1.54) is 62.4 Å². The third-order valence-corrected chi connectivity index (χ3v) is 12.0. The molecule has 2 aliphatic rings. The Morgan fingerprint density at radius 2 is 1.80 bits per heavy atom. The predicted octanol–water partition coefficient (Wildman–Crippen LogP) is 3.39. The lowest BCUT2D eigenvalue weighted by molar-refractivity contribution is -0.0367. The van der Waals surface area contributed by atoms with Crippen molar-refractivity contribution in [1.82, 2.24) is 29.1 Å². The lowest BCUT2D eigenvalue weighted by Gasteiger charge is -2.24. The predicted molar refractivity (Wildman–Crippen MR) is 196 cm³/mol. The number of fused-ring (bicyclic) bond motifs is 1. The number of nitrogen functional groups attached to an aromatic ring is 1. The number of aromatic hydroxyl groups is 1. The highest BCUT2D eigenvalue weighted by Crippen LogP contribution is 2.65. The lowest BCUT2D eigenvalue weighted by Crippen LogP contribution is -2.36. The van der Waals surface area contributed by atoms with Gasteiger partial charge in [-0.1, -0.05) is 12.1 Å². The molecule has 0 spiro atoms. The Bertz CT molecular complexity index is 2500. The van der Waals surface area contributed by atoms with Gasteiger partial charge in [-0.3, -0.25) is 23.4 Å². The molecule has 22 heteroatoms. The molecule has 0 saturated heterocycles. The van der Waals surface area contributed by atoms with Gasteiger partial charge in [0.05, 0.1) is 12.0 Å². The molecule has 292 valence electrons. The SMILES string of the molecule is COC1C(OP(=O)(OCC2=C(O)C[C@H](n3cnc4c(N)ncnc43)O2)SCc2ccc(OC(=O)c3ccc(O)cc3)cc2)=C(CO)O[C@H]1n1ccc(=O)[nH]c1=O. The second-order valence-corrected chi connectivity index (χ2v) is 16.0. The van der Waals surface area contributed by atoms with E-state index in [-0.39, 0.29) is 58.1 Å². The van der Waals surface area contributed by atoms with Gasteiger partial charge in [0, 0.05) is 25.1 Å². The number of aromatic nitrogens is 6. The molecule has 0 amide bonds. The van der Waals surface area contributed by atoms with E-state index in [0.29, 0.717) is 16.7 Å². The van der Waals surface area contributed by atoms with Crippen LogP contribution < -0.4 is 21.7 Å². The van der Waals surface area contributed by atoms with E-state index in [1.807, 2.05) is 0 Å². The van der Waals surface area contributed by atoms with Gasteiger partial charge in [0.25, 0.3) is 5.56 Å². The molecule has 6 N–H and O–H groups in total. The van der Waals surface area contributed by atoms with Crippen LogP contribution in [0.4, 0.5) is 5.82 Å². The number of ether oxygens (including phenoxy) is 4. The summed E-state index contributed by atoms with van der Waals surface area (Å²) < 4.78 is 51.9. The number of carbonyl (C=O) groups excluding carboxylic acids is 1. The van der Waals surface area contributed by atoms with Gasteiger partial charge < -0.3 is 44.5 Å². The van der Waals surface area contributed by atoms with Crippen LogP contribution in [0.2, 0.25) is 0 Å². The minimum Gasteiger partial charge on any atom is -0.508 e. The Morgan fingerprint density at radius 3 is 2.52 bits per heavy atom. The molecule has 2 aliphatic heterocycles. The van der Waals surface area contributed by atoms with Crippen molar-refractivity contribution in [2.45, 2.75) is 30.7 Å². The highest BCUT2D eigenvalue weighted by atomic mass is 32.7. The Hall–Kier alpha value is -6.12. The fraction of sp³-hybridized carbons (Fsp3) is 0.235. The van der Waals surface area contributed by atoms with Gasteiger partial charge >= 0.3 is 18.5 Å². The van der Waals surface area contributed by atoms with Crippen LogP contribution in [-0.2, 0) is 33.6 Å². The zero-order valence-corrected chi connectivity index (χ0v) is 30.8. The lowest BCUT2D eigenvalue weighted by atomic mass is 10.2. The third kappa shape index (κ3) is 7.97. The smallest absolute Gasteiger partial charge is 0.440 e. The molecule has 2 unspecified atom stereocenters. The van der Waals surface area contributed by atoms with Gasteiger partial charge in [-0.05, 0) is 53.3 Å². The monoisotopic (exact) mass is 809 g/mol. The number of nitrogens with one attached hydrogen (secondary N) is 1. The number of esters is 1. The summed E-state index contributed by atoms with van der Waals surface area (Å²) in [6.07, 6.45) is 0.472. The van der Waals surface area contributed by atoms with Crippen molar-refractivity contribution in [3.8, 4) is 11.5 Å². The number of nitrogens with two attached hydrogens (primary N) is 1. The summed E-state index contributed by atoms with van der Waals surface area (Å²) in [5, 5.41) is 30.6. The second-order valence-electron chi connectivity index (χ2n) is 12.0. The standard InChI is InChI=1S/C34H32N7O13PS/c1-49-29-28(23(13-42)53-32(29)40-11-10-25(45)39-34(40)47)54-55(48,56-15-18-2-8-21(9-3-18)51-33(46)19-4-6-20(43)7-5-19)50-14-24-22(44)12-26(52-24)41-17-38-27-30(35)36-16-37-31(27)41/h2-11,16-17,26,29,32,42-44H,12-15H2,1H3,(H2,35,36,37)(H,39,45,47)/t26-,29?,32-,55?/m1/s1. The normalized spacial score (nSPS) is 19.1. The van der Waals surface area contributed by atoms with Crippen molar-refractivity contribution in [3.63, 3.8) is 0 Å². The number of aliphatic hydroxyl groups is 2. The minimum atomic E-state index is -4.40. The summed E-state index contributed by atoms with van der Waals surface area (Å²) in [4.78, 5) is 51.4. The molecule has 56 heavy (non-hydrogen) atoms. The number of hydrogen-bond acceptors (Lipinski definition) is 18. The van der Waals surface area contributed by atoms with Crippen LogP contribution in [0.25, 0.3) is 11.2 Å². The molecule has 4 atom stereocenters. The van der Waals surface area contributed by atoms with Crippen molar-refractivity contribution in [2.24, 2.45) is 0 Å². The number of benzene rings is 2. The van der Waals surface area contributed by atoms with Crippen molar-refractivity contribution in [1.29, 1.82) is 0 Å². The summed E-state index contributed by atoms with van der Waals surface area (Å²) in [6.45, 7) is -5.71. The Kier molecular flexibility index (Phi) is 10.9. The van der Waals surface area contributed by atoms with Crippen LogP contribution in [0.1, 0.15) is 34.8 Å². The molecule has 0 radical (unpaired) electrons. The number of phenols is 1. The summed E-state index contributed by atoms with van der Waals surface area (Å²) in [7, 11) is 1.27. The van der Waals surface area contributed by atoms with Gasteiger partial charge in [-0.2, -0.15) is 0 Å². The topological polar surface area (TPSA) is 275 Å². The number of carbonyl (C=O) groups is 1. The molecule has 20 nitrogen and oxygen atoms in total. The number of nitrogens with zero attached hydrogens (tertiary/aromatic N) is 5. The van der Waals surface area contributed by atoms with Gasteiger partial charge in [0.1, 0.15) is 48.6 Å². The minimum absolute atomic E-state index is 0.00187. The van der Waals surface area contributed by atoms with Crippen LogP contribution in [-0.4, -0.2) is 76.8 Å². The average Bonchev–Trinajstić information content (AvgIpc) is 3.89. The number of H-pyrrole nitrogens is 1. The van der Waals surface area contributed by atoms with Crippen molar-refractivity contribution in [2.75, 3.05) is 26.1 Å². The maximum atomic E-state index is 14.7. The van der Waals surface area contributed by atoms with E-state index in [2.05, 4.69) is 19.9 Å². The molecule has 0 aliphatic carbocycles. The highest BCUT2D eigenvalue weighted by Gasteiger charge is 2.45. The third-order valence-electron chi connectivity index (χ3n) is 8.43. The van der Waals surface area contributed by atoms with E-state index in [1.54, 1.807) is 16.7 Å². The van der Waals surface area contributed by atoms with E-state index >= 15 is 0 Å². The van der Waals surface area contributed by atoms with Gasteiger partial charge in [0.15, 0.2) is 41.1 Å². The number of anilines is 1. The largest absolute Gasteiger partial charge is 0.508 e. The van der Waals surface area contributed by atoms with E-state index in [9.17, 15) is 34.3 Å². The summed E-state index contributed by atoms with van der Waals surface area (Å²) in [5.74, 6) is -1.03. The van der Waals surface area contributed by atoms with Crippen LogP contribution in [0.5, 0.6) is 11.5 Å². The molecule has 2 aromatic carbocycles. The molecule has 0 bridgehead atoms. The molecule has 0 saturated carbocycles. The first-order valence-electron chi connectivity index (χ1n) is 16.5. The molecule has 5 heterocycles. The maximum Gasteiger partial charge on any atom is 0.440 e. The zero-order chi connectivity index (χ0) is 39.6. The van der Waals surface area contributed by atoms with E-state index < -0.39 is 55.8 Å². The summed E-state index contributed by atoms with van der Waals surface area (Å²) in [6, 6.07) is 12.9. The number of imidazole rings is 1. The van der Waals surface area contributed by atoms with Crippen LogP contribution in [0, 0.1) is 0 Å². The fourth-order valence-corrected chi connectivity index (χ4v) is 8.75. The number of hydrogen-bond donors (Lipinski definition) is 5. The first-order chi connectivity index (χ1) is 26.9. The van der Waals surface area contributed by atoms with Crippen LogP contribution in [0.15, 0.2) is 106 Å². The summed E-state index contributed by atoms with van der Waals surface area (Å²) >= 11 is 0.727.